The van der Waals surface area contributed by atoms with Crippen molar-refractivity contribution in [2.45, 2.75) is 12.5 Å². The molecule has 4 heterocycles. The number of phenols is 1. The first-order valence-corrected chi connectivity index (χ1v) is 10.7. The molecule has 1 aromatic carbocycles. The molecule has 1 unspecified atom stereocenters. The van der Waals surface area contributed by atoms with Crippen molar-refractivity contribution >= 4 is 23.0 Å². The molecule has 0 saturated heterocycles. The molecule has 1 amide bonds. The van der Waals surface area contributed by atoms with E-state index in [-0.39, 0.29) is 23.6 Å². The van der Waals surface area contributed by atoms with Crippen LogP contribution in [0, 0.1) is 5.82 Å². The van der Waals surface area contributed by atoms with Gasteiger partial charge < -0.3 is 5.11 Å². The molecule has 0 radical (unpaired) electrons. The number of carbonyl (C=O) groups excluding carboxylic acids is 1. The van der Waals surface area contributed by atoms with Crippen molar-refractivity contribution in [2.75, 3.05) is 0 Å². The Kier molecular flexibility index (Phi) is 5.20. The van der Waals surface area contributed by atoms with Gasteiger partial charge in [-0.3, -0.25) is 14.8 Å². The fourth-order valence-electron chi connectivity index (χ4n) is 3.70. The Bertz CT molecular complexity index is 1290. The van der Waals surface area contributed by atoms with Crippen molar-refractivity contribution in [3.63, 3.8) is 0 Å². The maximum atomic E-state index is 14.7. The number of amides is 1. The number of phenolic OH excluding ortho intramolecular Hbond substituents is 1. The number of pyridine rings is 2. The molecule has 1 aliphatic heterocycles. The zero-order valence-corrected chi connectivity index (χ0v) is 17.5. The first kappa shape index (κ1) is 20.0. The van der Waals surface area contributed by atoms with Crippen LogP contribution >= 0.6 is 11.3 Å². The minimum absolute atomic E-state index is 0.0463. The van der Waals surface area contributed by atoms with E-state index in [9.17, 15) is 14.3 Å². The molecular formula is C24H17FN4O2S. The number of hydrogen-bond acceptors (Lipinski definition) is 6. The van der Waals surface area contributed by atoms with Gasteiger partial charge in [0, 0.05) is 30.6 Å². The Morgan fingerprint density at radius 3 is 2.72 bits per heavy atom. The van der Waals surface area contributed by atoms with Crippen molar-refractivity contribution in [3.05, 3.63) is 101 Å². The molecule has 1 N–H and O–H groups in total. The number of nitrogens with zero attached hydrogens (tertiary/aromatic N) is 4. The van der Waals surface area contributed by atoms with Gasteiger partial charge >= 0.3 is 0 Å². The van der Waals surface area contributed by atoms with Crippen LogP contribution in [0.2, 0.25) is 0 Å². The standard InChI is InChI=1S/C24H17FN4O2S/c25-16-6-3-8-20(30)23(16)19-13-18(15-5-4-11-26-14-15)28-29(19)24(31)22-10-9-21(32-22)17-7-1-2-12-27-17/h1-12,14,19,30H,13H2. The second kappa shape index (κ2) is 8.32. The second-order valence-corrected chi connectivity index (χ2v) is 8.29. The van der Waals surface area contributed by atoms with E-state index in [4.69, 9.17) is 0 Å². The maximum absolute atomic E-state index is 14.7. The minimum Gasteiger partial charge on any atom is -0.507 e. The average molecular weight is 444 g/mol. The molecular weight excluding hydrogens is 427 g/mol. The van der Waals surface area contributed by atoms with Crippen molar-refractivity contribution in [2.24, 2.45) is 5.10 Å². The lowest BCUT2D eigenvalue weighted by Gasteiger charge is -2.22. The lowest BCUT2D eigenvalue weighted by molar-refractivity contribution is 0.0712. The van der Waals surface area contributed by atoms with Crippen LogP contribution in [0.4, 0.5) is 4.39 Å². The summed E-state index contributed by atoms with van der Waals surface area (Å²) >= 11 is 1.29. The Balaban J connectivity index is 1.54. The largest absolute Gasteiger partial charge is 0.507 e. The van der Waals surface area contributed by atoms with Gasteiger partial charge in [0.05, 0.1) is 32.8 Å². The second-order valence-electron chi connectivity index (χ2n) is 7.21. The van der Waals surface area contributed by atoms with E-state index in [2.05, 4.69) is 15.1 Å². The molecule has 6 nitrogen and oxygen atoms in total. The van der Waals surface area contributed by atoms with Gasteiger partial charge in [0.1, 0.15) is 11.6 Å². The smallest absolute Gasteiger partial charge is 0.284 e. The molecule has 4 aromatic rings. The first-order chi connectivity index (χ1) is 15.6. The van der Waals surface area contributed by atoms with E-state index in [0.29, 0.717) is 10.6 Å². The van der Waals surface area contributed by atoms with Crippen molar-refractivity contribution in [1.82, 2.24) is 15.0 Å². The SMILES string of the molecule is O=C(c1ccc(-c2ccccn2)s1)N1N=C(c2cccnc2)CC1c1c(O)cccc1F. The number of hydrogen-bond donors (Lipinski definition) is 1. The molecule has 8 heteroatoms. The van der Waals surface area contributed by atoms with Gasteiger partial charge in [-0.2, -0.15) is 5.10 Å². The maximum Gasteiger partial charge on any atom is 0.284 e. The van der Waals surface area contributed by atoms with E-state index < -0.39 is 11.9 Å². The highest BCUT2D eigenvalue weighted by Gasteiger charge is 2.37. The Morgan fingerprint density at radius 1 is 1.06 bits per heavy atom. The summed E-state index contributed by atoms with van der Waals surface area (Å²) in [6.45, 7) is 0. The highest BCUT2D eigenvalue weighted by atomic mass is 32.1. The monoisotopic (exact) mass is 444 g/mol. The van der Waals surface area contributed by atoms with Gasteiger partial charge in [-0.15, -0.1) is 11.3 Å². The number of aromatic nitrogens is 2. The van der Waals surface area contributed by atoms with Crippen LogP contribution in [0.1, 0.15) is 33.3 Å². The predicted octanol–water partition coefficient (Wildman–Crippen LogP) is 5.04. The van der Waals surface area contributed by atoms with Gasteiger partial charge in [-0.1, -0.05) is 18.2 Å². The van der Waals surface area contributed by atoms with Crippen LogP contribution in [0.25, 0.3) is 10.6 Å². The lowest BCUT2D eigenvalue weighted by atomic mass is 9.97. The molecule has 1 aliphatic rings. The summed E-state index contributed by atoms with van der Waals surface area (Å²) in [6.07, 6.45) is 5.24. The molecule has 158 valence electrons. The highest BCUT2D eigenvalue weighted by Crippen LogP contribution is 2.40. The summed E-state index contributed by atoms with van der Waals surface area (Å²) in [7, 11) is 0. The van der Waals surface area contributed by atoms with E-state index in [0.717, 1.165) is 16.1 Å². The van der Waals surface area contributed by atoms with Gasteiger partial charge in [0.25, 0.3) is 5.91 Å². The summed E-state index contributed by atoms with van der Waals surface area (Å²) < 4.78 is 14.7. The number of benzene rings is 1. The summed E-state index contributed by atoms with van der Waals surface area (Å²) in [4.78, 5) is 23.2. The quantitative estimate of drug-likeness (QED) is 0.478. The zero-order valence-electron chi connectivity index (χ0n) is 16.7. The Labute approximate surface area is 187 Å². The summed E-state index contributed by atoms with van der Waals surface area (Å²) in [5.74, 6) is -1.17. The van der Waals surface area contributed by atoms with Crippen LogP contribution in [-0.4, -0.2) is 31.7 Å². The zero-order chi connectivity index (χ0) is 22.1. The molecule has 1 atom stereocenters. The van der Waals surface area contributed by atoms with E-state index in [1.807, 2.05) is 30.3 Å². The topological polar surface area (TPSA) is 78.7 Å². The number of carbonyl (C=O) groups is 1. The molecule has 0 fully saturated rings. The van der Waals surface area contributed by atoms with Gasteiger partial charge in [0.2, 0.25) is 0 Å². The van der Waals surface area contributed by atoms with Crippen molar-refractivity contribution < 1.29 is 14.3 Å². The van der Waals surface area contributed by atoms with E-state index in [1.54, 1.807) is 30.7 Å². The molecule has 32 heavy (non-hydrogen) atoms. The Morgan fingerprint density at radius 2 is 1.97 bits per heavy atom. The third kappa shape index (κ3) is 3.65. The Hall–Kier alpha value is -3.91. The number of halogens is 1. The van der Waals surface area contributed by atoms with Gasteiger partial charge in [0.15, 0.2) is 0 Å². The summed E-state index contributed by atoms with van der Waals surface area (Å²) in [5, 5.41) is 16.2. The lowest BCUT2D eigenvalue weighted by Crippen LogP contribution is -2.27. The van der Waals surface area contributed by atoms with E-state index >= 15 is 0 Å². The number of rotatable bonds is 4. The van der Waals surface area contributed by atoms with Gasteiger partial charge in [-0.05, 0) is 42.5 Å². The number of hydrazone groups is 1. The summed E-state index contributed by atoms with van der Waals surface area (Å²) in [6, 6.07) is 16.1. The fourth-order valence-corrected chi connectivity index (χ4v) is 4.61. The molecule has 5 rings (SSSR count). The third-order valence-electron chi connectivity index (χ3n) is 5.21. The minimum atomic E-state index is -0.778. The number of aromatic hydroxyl groups is 1. The van der Waals surface area contributed by atoms with Crippen LogP contribution in [-0.2, 0) is 0 Å². The average Bonchev–Trinajstić information content (AvgIpc) is 3.48. The van der Waals surface area contributed by atoms with Crippen LogP contribution in [0.15, 0.2) is 84.4 Å². The molecule has 0 saturated carbocycles. The van der Waals surface area contributed by atoms with E-state index in [1.165, 1.54) is 34.5 Å². The molecule has 0 aliphatic carbocycles. The number of thiophene rings is 1. The summed E-state index contributed by atoms with van der Waals surface area (Å²) in [5.41, 5.74) is 2.15. The van der Waals surface area contributed by atoms with Crippen LogP contribution in [0.3, 0.4) is 0 Å². The van der Waals surface area contributed by atoms with Crippen LogP contribution < -0.4 is 0 Å². The molecule has 0 spiro atoms. The fraction of sp³-hybridized carbons (Fsp3) is 0.0833. The van der Waals surface area contributed by atoms with Gasteiger partial charge in [-0.25, -0.2) is 9.40 Å². The predicted molar refractivity (Wildman–Crippen MR) is 120 cm³/mol. The third-order valence-corrected chi connectivity index (χ3v) is 6.31. The van der Waals surface area contributed by atoms with Crippen molar-refractivity contribution in [1.29, 1.82) is 0 Å². The van der Waals surface area contributed by atoms with Crippen LogP contribution in [0.5, 0.6) is 5.75 Å². The molecule has 3 aromatic heterocycles. The van der Waals surface area contributed by atoms with Crippen molar-refractivity contribution in [3.8, 4) is 16.3 Å². The normalized spacial score (nSPS) is 15.6. The molecule has 0 bridgehead atoms. The first-order valence-electron chi connectivity index (χ1n) is 9.92. The highest BCUT2D eigenvalue weighted by molar-refractivity contribution is 7.17.